The molecule has 0 saturated carbocycles. The van der Waals surface area contributed by atoms with Crippen LogP contribution in [-0.4, -0.2) is 65.7 Å². The van der Waals surface area contributed by atoms with E-state index in [1.165, 1.54) is 18.2 Å². The van der Waals surface area contributed by atoms with E-state index >= 15 is 0 Å². The van der Waals surface area contributed by atoms with Gasteiger partial charge in [-0.1, -0.05) is 12.1 Å². The molecule has 0 aliphatic carbocycles. The lowest BCUT2D eigenvalue weighted by atomic mass is 10.1. The fraction of sp³-hybridized carbons (Fsp3) is 0.375. The van der Waals surface area contributed by atoms with Crippen LogP contribution in [0.15, 0.2) is 42.5 Å². The maximum Gasteiger partial charge on any atom is 0.335 e. The molecule has 2 amide bonds. The summed E-state index contributed by atoms with van der Waals surface area (Å²) in [6, 6.07) is 11.4. The number of benzene rings is 2. The van der Waals surface area contributed by atoms with Gasteiger partial charge in [0.25, 0.3) is 11.8 Å². The Hall–Kier alpha value is -3.59. The van der Waals surface area contributed by atoms with E-state index in [4.69, 9.17) is 9.47 Å². The zero-order valence-electron chi connectivity index (χ0n) is 18.5. The van der Waals surface area contributed by atoms with Crippen LogP contribution in [-0.2, 0) is 11.3 Å². The molecular weight excluding hydrogens is 426 g/mol. The number of hydrogen-bond acceptors (Lipinski definition) is 6. The summed E-state index contributed by atoms with van der Waals surface area (Å²) in [5.41, 5.74) is 0.937. The Balaban J connectivity index is 1.67. The van der Waals surface area contributed by atoms with Crippen LogP contribution in [0.2, 0.25) is 0 Å². The van der Waals surface area contributed by atoms with Gasteiger partial charge in [-0.15, -0.1) is 0 Å². The topological polar surface area (TPSA) is 117 Å². The van der Waals surface area contributed by atoms with Gasteiger partial charge in [0.05, 0.1) is 11.6 Å². The van der Waals surface area contributed by atoms with Crippen molar-refractivity contribution < 1.29 is 29.0 Å². The zero-order valence-corrected chi connectivity index (χ0v) is 18.5. The lowest BCUT2D eigenvalue weighted by molar-refractivity contribution is -0.123. The number of fused-ring (bicyclic) bond motifs is 7. The van der Waals surface area contributed by atoms with E-state index in [1.807, 2.05) is 24.3 Å². The van der Waals surface area contributed by atoms with Gasteiger partial charge in [-0.3, -0.25) is 14.5 Å². The lowest BCUT2D eigenvalue weighted by Gasteiger charge is -2.21. The molecule has 4 bridgehead atoms. The molecule has 2 aromatic rings. The van der Waals surface area contributed by atoms with E-state index in [-0.39, 0.29) is 47.6 Å². The first-order valence-corrected chi connectivity index (χ1v) is 10.9. The Kier molecular flexibility index (Phi) is 6.50. The van der Waals surface area contributed by atoms with Gasteiger partial charge in [0.2, 0.25) is 0 Å². The van der Waals surface area contributed by atoms with Crippen molar-refractivity contribution in [3.05, 3.63) is 59.2 Å². The van der Waals surface area contributed by atoms with Gasteiger partial charge < -0.3 is 25.2 Å². The quantitative estimate of drug-likeness (QED) is 0.633. The summed E-state index contributed by atoms with van der Waals surface area (Å²) < 4.78 is 11.7. The maximum absolute atomic E-state index is 13.1. The van der Waals surface area contributed by atoms with Crippen LogP contribution >= 0.6 is 0 Å². The summed E-state index contributed by atoms with van der Waals surface area (Å²) in [4.78, 5) is 39.1. The van der Waals surface area contributed by atoms with Crippen LogP contribution in [0.4, 0.5) is 0 Å². The van der Waals surface area contributed by atoms with Crippen molar-refractivity contribution in [2.75, 3.05) is 19.7 Å². The first-order chi connectivity index (χ1) is 15.8. The number of nitrogens with zero attached hydrogens (tertiary/aromatic N) is 1. The minimum absolute atomic E-state index is 0.100. The normalized spacial score (nSPS) is 21.4. The Morgan fingerprint density at radius 1 is 1.09 bits per heavy atom. The van der Waals surface area contributed by atoms with Crippen LogP contribution in [0.1, 0.15) is 40.1 Å². The number of amides is 2. The minimum Gasteiger partial charge on any atom is -0.487 e. The summed E-state index contributed by atoms with van der Waals surface area (Å²) in [7, 11) is 0. The van der Waals surface area contributed by atoms with Crippen molar-refractivity contribution in [3.63, 3.8) is 0 Å². The molecule has 9 nitrogen and oxygen atoms in total. The van der Waals surface area contributed by atoms with Crippen molar-refractivity contribution in [3.8, 4) is 11.5 Å². The zero-order chi connectivity index (χ0) is 23.5. The number of carboxylic acid groups (broad SMARTS) is 1. The molecule has 0 aromatic heterocycles. The molecule has 3 N–H and O–H groups in total. The fourth-order valence-electron chi connectivity index (χ4n) is 3.93. The van der Waals surface area contributed by atoms with E-state index in [1.54, 1.807) is 0 Å². The average Bonchev–Trinajstić information content (AvgIpc) is 3.19. The van der Waals surface area contributed by atoms with E-state index in [9.17, 15) is 19.5 Å². The summed E-state index contributed by atoms with van der Waals surface area (Å²) in [5.74, 6) is -1.19. The smallest absolute Gasteiger partial charge is 0.335 e. The van der Waals surface area contributed by atoms with Crippen molar-refractivity contribution in [2.45, 2.75) is 38.6 Å². The molecule has 33 heavy (non-hydrogen) atoms. The molecule has 3 aliphatic rings. The predicted molar refractivity (Wildman–Crippen MR) is 120 cm³/mol. The van der Waals surface area contributed by atoms with E-state index in [0.29, 0.717) is 25.4 Å². The molecule has 5 rings (SSSR count). The fourth-order valence-corrected chi connectivity index (χ4v) is 3.93. The van der Waals surface area contributed by atoms with Crippen molar-refractivity contribution >= 4 is 17.8 Å². The number of aromatic carboxylic acids is 1. The highest BCUT2D eigenvalue weighted by Crippen LogP contribution is 2.23. The number of ether oxygens (including phenoxy) is 2. The van der Waals surface area contributed by atoms with Crippen molar-refractivity contribution in [1.29, 1.82) is 0 Å². The molecule has 1 fully saturated rings. The maximum atomic E-state index is 13.1. The summed E-state index contributed by atoms with van der Waals surface area (Å²) in [5, 5.41) is 15.2. The number of carbonyl (C=O) groups is 3. The summed E-state index contributed by atoms with van der Waals surface area (Å²) in [6.45, 7) is 5.43. The molecule has 3 aliphatic heterocycles. The number of rotatable bonds is 2. The Morgan fingerprint density at radius 2 is 1.85 bits per heavy atom. The Labute approximate surface area is 191 Å². The highest BCUT2D eigenvalue weighted by molar-refractivity contribution is 5.98. The average molecular weight is 453 g/mol. The van der Waals surface area contributed by atoms with Gasteiger partial charge in [0, 0.05) is 31.2 Å². The van der Waals surface area contributed by atoms with Gasteiger partial charge in [-0.2, -0.15) is 0 Å². The number of likely N-dealkylation sites (tertiary alicyclic amines) is 1. The van der Waals surface area contributed by atoms with E-state index in [0.717, 1.165) is 5.56 Å². The van der Waals surface area contributed by atoms with Gasteiger partial charge >= 0.3 is 5.97 Å². The number of carbonyl (C=O) groups excluding carboxylic acids is 2. The largest absolute Gasteiger partial charge is 0.487 e. The predicted octanol–water partition coefficient (Wildman–Crippen LogP) is 1.66. The first-order valence-electron chi connectivity index (χ1n) is 10.9. The molecular formula is C24H27N3O6. The molecule has 2 atom stereocenters. The molecule has 174 valence electrons. The summed E-state index contributed by atoms with van der Waals surface area (Å²) >= 11 is 0. The van der Waals surface area contributed by atoms with Crippen LogP contribution in [0, 0.1) is 0 Å². The highest BCUT2D eigenvalue weighted by Gasteiger charge is 2.37. The molecule has 3 heterocycles. The van der Waals surface area contributed by atoms with Gasteiger partial charge in [-0.25, -0.2) is 4.79 Å². The van der Waals surface area contributed by atoms with Crippen molar-refractivity contribution in [1.82, 2.24) is 15.5 Å². The van der Waals surface area contributed by atoms with E-state index in [2.05, 4.69) is 29.4 Å². The van der Waals surface area contributed by atoms with Crippen LogP contribution < -0.4 is 20.1 Å². The standard InChI is InChI=1S/C24H27N3O6/c1-14(2)27-11-20-21(12-27)33-18-5-3-15(4-6-18)10-25-22(28)13-32-19-8-16(23(29)26-20)7-17(9-19)24(30)31/h3-9,14,20-21H,10-13H2,1-2H3,(H,25,28)(H,26,29)(H,30,31)/t20-,21-/m0/s1. The van der Waals surface area contributed by atoms with Gasteiger partial charge in [0.15, 0.2) is 6.61 Å². The van der Waals surface area contributed by atoms with Crippen LogP contribution in [0.5, 0.6) is 11.5 Å². The van der Waals surface area contributed by atoms with Gasteiger partial charge in [0.1, 0.15) is 17.6 Å². The molecule has 0 radical (unpaired) electrons. The third-order valence-corrected chi connectivity index (χ3v) is 5.83. The molecule has 0 unspecified atom stereocenters. The first kappa shape index (κ1) is 22.6. The molecule has 1 saturated heterocycles. The minimum atomic E-state index is -1.19. The lowest BCUT2D eigenvalue weighted by Crippen LogP contribution is -2.45. The Morgan fingerprint density at radius 3 is 2.55 bits per heavy atom. The second kappa shape index (κ2) is 9.50. The summed E-state index contributed by atoms with van der Waals surface area (Å²) in [6.07, 6.45) is -0.282. The van der Waals surface area contributed by atoms with Gasteiger partial charge in [-0.05, 0) is 49.7 Å². The molecule has 9 heteroatoms. The number of hydrogen-bond donors (Lipinski definition) is 3. The monoisotopic (exact) mass is 453 g/mol. The second-order valence-electron chi connectivity index (χ2n) is 8.54. The molecule has 0 spiro atoms. The van der Waals surface area contributed by atoms with E-state index < -0.39 is 11.9 Å². The van der Waals surface area contributed by atoms with Crippen LogP contribution in [0.3, 0.4) is 0 Å². The third kappa shape index (κ3) is 5.43. The Bertz CT molecular complexity index is 1050. The second-order valence-corrected chi connectivity index (χ2v) is 8.54. The van der Waals surface area contributed by atoms with Crippen LogP contribution in [0.25, 0.3) is 0 Å². The number of carboxylic acids is 1. The van der Waals surface area contributed by atoms with Crippen molar-refractivity contribution in [2.24, 2.45) is 0 Å². The molecule has 2 aromatic carbocycles. The SMILES string of the molecule is CC(C)N1C[C@@H]2NC(=O)c3cc(cc(C(=O)O)c3)OCC(=O)NCc3ccc(cc3)O[C@H]2C1. The number of nitrogens with one attached hydrogen (secondary N) is 2. The third-order valence-electron chi connectivity index (χ3n) is 5.83. The highest BCUT2D eigenvalue weighted by atomic mass is 16.5.